The first-order chi connectivity index (χ1) is 4.79. The highest BCUT2D eigenvalue weighted by atomic mass is 16.6. The Morgan fingerprint density at radius 3 is 2.70 bits per heavy atom. The van der Waals surface area contributed by atoms with Crippen LogP contribution < -0.4 is 0 Å². The Bertz CT molecular complexity index is 85.3. The van der Waals surface area contributed by atoms with E-state index in [1.165, 1.54) is 0 Å². The first-order valence-electron chi connectivity index (χ1n) is 3.98. The molecule has 0 amide bonds. The zero-order valence-corrected chi connectivity index (χ0v) is 6.80. The molecule has 2 nitrogen and oxygen atoms in total. The van der Waals surface area contributed by atoms with E-state index in [1.807, 2.05) is 0 Å². The normalized spacial score (nSPS) is 27.3. The van der Waals surface area contributed by atoms with Crippen molar-refractivity contribution in [3.63, 3.8) is 0 Å². The van der Waals surface area contributed by atoms with Gasteiger partial charge in [-0.15, -0.1) is 0 Å². The van der Waals surface area contributed by atoms with Crippen LogP contribution in [0.25, 0.3) is 0 Å². The number of ether oxygens (including phenoxy) is 2. The minimum absolute atomic E-state index is 0.355. The fourth-order valence-corrected chi connectivity index (χ4v) is 1.20. The van der Waals surface area contributed by atoms with Crippen LogP contribution in [0.4, 0.5) is 0 Å². The minimum atomic E-state index is 0.355. The molecule has 0 spiro atoms. The summed E-state index contributed by atoms with van der Waals surface area (Å²) < 4.78 is 10.7. The highest BCUT2D eigenvalue weighted by Gasteiger charge is 2.14. The van der Waals surface area contributed by atoms with E-state index in [0.717, 1.165) is 26.2 Å². The van der Waals surface area contributed by atoms with Crippen molar-refractivity contribution >= 4 is 0 Å². The zero-order valence-electron chi connectivity index (χ0n) is 6.80. The van der Waals surface area contributed by atoms with Gasteiger partial charge in [0.05, 0.1) is 25.9 Å². The quantitative estimate of drug-likeness (QED) is 0.584. The zero-order chi connectivity index (χ0) is 7.40. The maximum absolute atomic E-state index is 5.46. The molecule has 0 bridgehead atoms. The molecule has 0 aliphatic carbocycles. The van der Waals surface area contributed by atoms with Crippen LogP contribution in [0.5, 0.6) is 0 Å². The molecule has 0 radical (unpaired) electrons. The van der Waals surface area contributed by atoms with Gasteiger partial charge < -0.3 is 9.47 Å². The Morgan fingerprint density at radius 1 is 1.40 bits per heavy atom. The van der Waals surface area contributed by atoms with Crippen LogP contribution in [-0.4, -0.2) is 25.9 Å². The van der Waals surface area contributed by atoms with E-state index in [4.69, 9.17) is 9.47 Å². The van der Waals surface area contributed by atoms with E-state index in [0.29, 0.717) is 12.0 Å². The van der Waals surface area contributed by atoms with Gasteiger partial charge in [0.2, 0.25) is 0 Å². The standard InChI is InChI=1S/C8H16O2/c1-7(2)5-8-6-9-3-4-10-8/h7-8H,3-6H2,1-2H3. The van der Waals surface area contributed by atoms with E-state index in [-0.39, 0.29) is 0 Å². The second-order valence-corrected chi connectivity index (χ2v) is 3.20. The topological polar surface area (TPSA) is 18.5 Å². The highest BCUT2D eigenvalue weighted by Crippen LogP contribution is 2.11. The maximum Gasteiger partial charge on any atom is 0.0812 e. The lowest BCUT2D eigenvalue weighted by atomic mass is 10.1. The van der Waals surface area contributed by atoms with Crippen LogP contribution in [-0.2, 0) is 9.47 Å². The Hall–Kier alpha value is -0.0800. The SMILES string of the molecule is CC(C)CC1COCCO1. The molecule has 0 N–H and O–H groups in total. The Balaban J connectivity index is 2.13. The van der Waals surface area contributed by atoms with Gasteiger partial charge in [-0.2, -0.15) is 0 Å². The molecule has 2 heteroatoms. The molecule has 1 fully saturated rings. The van der Waals surface area contributed by atoms with Gasteiger partial charge in [0.1, 0.15) is 0 Å². The molecular formula is C8H16O2. The molecule has 60 valence electrons. The first kappa shape index (κ1) is 8.02. The predicted molar refractivity (Wildman–Crippen MR) is 40.0 cm³/mol. The van der Waals surface area contributed by atoms with E-state index in [1.54, 1.807) is 0 Å². The van der Waals surface area contributed by atoms with Crippen molar-refractivity contribution in [2.24, 2.45) is 5.92 Å². The molecular weight excluding hydrogens is 128 g/mol. The van der Waals surface area contributed by atoms with Crippen LogP contribution in [0, 0.1) is 5.92 Å². The van der Waals surface area contributed by atoms with Crippen molar-refractivity contribution in [1.29, 1.82) is 0 Å². The second-order valence-electron chi connectivity index (χ2n) is 3.20. The smallest absolute Gasteiger partial charge is 0.0812 e. The lowest BCUT2D eigenvalue weighted by molar-refractivity contribution is -0.0943. The molecule has 1 unspecified atom stereocenters. The van der Waals surface area contributed by atoms with Gasteiger partial charge in [-0.1, -0.05) is 13.8 Å². The molecule has 10 heavy (non-hydrogen) atoms. The van der Waals surface area contributed by atoms with Gasteiger partial charge in [-0.05, 0) is 12.3 Å². The van der Waals surface area contributed by atoms with E-state index < -0.39 is 0 Å². The number of hydrogen-bond donors (Lipinski definition) is 0. The fourth-order valence-electron chi connectivity index (χ4n) is 1.20. The molecule has 1 rings (SSSR count). The highest BCUT2D eigenvalue weighted by molar-refractivity contribution is 4.62. The average molecular weight is 144 g/mol. The second kappa shape index (κ2) is 3.94. The van der Waals surface area contributed by atoms with Crippen LogP contribution in [0.15, 0.2) is 0 Å². The number of hydrogen-bond acceptors (Lipinski definition) is 2. The molecule has 0 aromatic carbocycles. The summed E-state index contributed by atoms with van der Waals surface area (Å²) in [5, 5.41) is 0. The average Bonchev–Trinajstić information content (AvgIpc) is 1.88. The van der Waals surface area contributed by atoms with E-state index in [2.05, 4.69) is 13.8 Å². The first-order valence-corrected chi connectivity index (χ1v) is 3.98. The summed E-state index contributed by atoms with van der Waals surface area (Å²) in [6.07, 6.45) is 1.48. The van der Waals surface area contributed by atoms with Gasteiger partial charge in [-0.3, -0.25) is 0 Å². The molecule has 1 aliphatic rings. The van der Waals surface area contributed by atoms with Gasteiger partial charge in [-0.25, -0.2) is 0 Å². The Kier molecular flexibility index (Phi) is 3.16. The van der Waals surface area contributed by atoms with Gasteiger partial charge >= 0.3 is 0 Å². The van der Waals surface area contributed by atoms with Crippen molar-refractivity contribution in [2.45, 2.75) is 26.4 Å². The van der Waals surface area contributed by atoms with Crippen molar-refractivity contribution in [3.05, 3.63) is 0 Å². The summed E-state index contributed by atoms with van der Waals surface area (Å²) in [6, 6.07) is 0. The molecule has 0 aromatic heterocycles. The third kappa shape index (κ3) is 2.67. The van der Waals surface area contributed by atoms with Crippen LogP contribution in [0.2, 0.25) is 0 Å². The Labute approximate surface area is 62.5 Å². The van der Waals surface area contributed by atoms with Crippen molar-refractivity contribution in [1.82, 2.24) is 0 Å². The van der Waals surface area contributed by atoms with E-state index in [9.17, 15) is 0 Å². The number of rotatable bonds is 2. The van der Waals surface area contributed by atoms with Crippen molar-refractivity contribution in [3.8, 4) is 0 Å². The molecule has 0 aromatic rings. The lowest BCUT2D eigenvalue weighted by Gasteiger charge is -2.24. The summed E-state index contributed by atoms with van der Waals surface area (Å²) in [7, 11) is 0. The van der Waals surface area contributed by atoms with E-state index >= 15 is 0 Å². The van der Waals surface area contributed by atoms with Gasteiger partial charge in [0.25, 0.3) is 0 Å². The fraction of sp³-hybridized carbons (Fsp3) is 1.00. The van der Waals surface area contributed by atoms with Gasteiger partial charge in [0, 0.05) is 0 Å². The van der Waals surface area contributed by atoms with Crippen LogP contribution >= 0.6 is 0 Å². The summed E-state index contributed by atoms with van der Waals surface area (Å²) in [6.45, 7) is 6.75. The monoisotopic (exact) mass is 144 g/mol. The molecule has 1 saturated heterocycles. The molecule has 0 saturated carbocycles. The predicted octanol–water partition coefficient (Wildman–Crippen LogP) is 1.45. The van der Waals surface area contributed by atoms with Gasteiger partial charge in [0.15, 0.2) is 0 Å². The summed E-state index contributed by atoms with van der Waals surface area (Å²) in [4.78, 5) is 0. The van der Waals surface area contributed by atoms with Crippen LogP contribution in [0.1, 0.15) is 20.3 Å². The van der Waals surface area contributed by atoms with Crippen LogP contribution in [0.3, 0.4) is 0 Å². The molecule has 1 heterocycles. The Morgan fingerprint density at radius 2 is 2.20 bits per heavy atom. The lowest BCUT2D eigenvalue weighted by Crippen LogP contribution is -2.29. The third-order valence-electron chi connectivity index (χ3n) is 1.62. The summed E-state index contributed by atoms with van der Waals surface area (Å²) in [5.41, 5.74) is 0. The maximum atomic E-state index is 5.46. The summed E-state index contributed by atoms with van der Waals surface area (Å²) in [5.74, 6) is 0.715. The largest absolute Gasteiger partial charge is 0.376 e. The molecule has 1 aliphatic heterocycles. The van der Waals surface area contributed by atoms with Crippen molar-refractivity contribution < 1.29 is 9.47 Å². The molecule has 1 atom stereocenters. The summed E-state index contributed by atoms with van der Waals surface area (Å²) >= 11 is 0. The third-order valence-corrected chi connectivity index (χ3v) is 1.62. The van der Waals surface area contributed by atoms with Crippen molar-refractivity contribution in [2.75, 3.05) is 19.8 Å². The minimum Gasteiger partial charge on any atom is -0.376 e.